The summed E-state index contributed by atoms with van der Waals surface area (Å²) in [5.74, 6) is 0. The van der Waals surface area contributed by atoms with Crippen molar-refractivity contribution in [2.75, 3.05) is 6.54 Å². The molecule has 2 rings (SSSR count). The summed E-state index contributed by atoms with van der Waals surface area (Å²) in [6.45, 7) is 13.4. The van der Waals surface area contributed by atoms with Gasteiger partial charge in [-0.3, -0.25) is 4.98 Å². The molecular formula is C20H28BN3O4. The van der Waals surface area contributed by atoms with Gasteiger partial charge in [-0.2, -0.15) is 5.26 Å². The molecule has 0 aromatic carbocycles. The van der Waals surface area contributed by atoms with Crippen LogP contribution in [0, 0.1) is 11.3 Å². The number of nitrogens with one attached hydrogen (secondary N) is 1. The third-order valence-corrected chi connectivity index (χ3v) is 4.63. The first-order valence-electron chi connectivity index (χ1n) is 9.21. The number of carbonyl (C=O) groups is 1. The van der Waals surface area contributed by atoms with E-state index in [0.29, 0.717) is 11.0 Å². The van der Waals surface area contributed by atoms with E-state index in [1.165, 1.54) is 6.20 Å². The van der Waals surface area contributed by atoms with Crippen molar-refractivity contribution >= 4 is 19.3 Å². The van der Waals surface area contributed by atoms with Gasteiger partial charge in [0.1, 0.15) is 11.7 Å². The van der Waals surface area contributed by atoms with Crippen molar-refractivity contribution in [3.8, 4) is 6.07 Å². The first-order chi connectivity index (χ1) is 12.8. The van der Waals surface area contributed by atoms with Crippen LogP contribution in [-0.4, -0.2) is 41.5 Å². The molecule has 1 amide bonds. The molecule has 1 aliphatic rings. The lowest BCUT2D eigenvalue weighted by Crippen LogP contribution is -2.41. The van der Waals surface area contributed by atoms with Crippen molar-refractivity contribution in [2.24, 2.45) is 0 Å². The number of carbonyl (C=O) groups excluding carboxylic acids is 1. The number of ether oxygens (including phenoxy) is 1. The molecular weight excluding hydrogens is 357 g/mol. The summed E-state index contributed by atoms with van der Waals surface area (Å²) in [5.41, 5.74) is 0.229. The van der Waals surface area contributed by atoms with Gasteiger partial charge in [0.25, 0.3) is 0 Å². The number of hydrogen-bond donors (Lipinski definition) is 1. The highest BCUT2D eigenvalue weighted by Crippen LogP contribution is 2.38. The smallest absolute Gasteiger partial charge is 0.444 e. The minimum absolute atomic E-state index is 0.169. The summed E-state index contributed by atoms with van der Waals surface area (Å²) in [5, 5.41) is 11.8. The molecule has 0 spiro atoms. The maximum Gasteiger partial charge on any atom is 0.492 e. The van der Waals surface area contributed by atoms with Crippen molar-refractivity contribution in [1.82, 2.24) is 10.3 Å². The van der Waals surface area contributed by atoms with Gasteiger partial charge >= 0.3 is 13.2 Å². The van der Waals surface area contributed by atoms with E-state index in [2.05, 4.69) is 16.4 Å². The van der Waals surface area contributed by atoms with Gasteiger partial charge in [0.2, 0.25) is 0 Å². The fourth-order valence-electron chi connectivity index (χ4n) is 2.50. The molecule has 2 heterocycles. The van der Waals surface area contributed by atoms with Gasteiger partial charge in [-0.15, -0.1) is 0 Å². The molecule has 28 heavy (non-hydrogen) atoms. The number of alkyl carbamates (subject to hydrolysis) is 1. The summed E-state index contributed by atoms with van der Waals surface area (Å²) in [6.07, 6.45) is 4.41. The number of aromatic nitrogens is 1. The van der Waals surface area contributed by atoms with Crippen LogP contribution in [0.1, 0.15) is 59.6 Å². The second-order valence-corrected chi connectivity index (χ2v) is 8.78. The molecule has 1 aliphatic heterocycles. The quantitative estimate of drug-likeness (QED) is 0.798. The van der Waals surface area contributed by atoms with Crippen LogP contribution in [0.2, 0.25) is 0 Å². The lowest BCUT2D eigenvalue weighted by atomic mass is 9.77. The van der Waals surface area contributed by atoms with E-state index in [-0.39, 0.29) is 6.54 Å². The number of nitriles is 1. The van der Waals surface area contributed by atoms with E-state index < -0.39 is 30.0 Å². The molecule has 1 N–H and O–H groups in total. The standard InChI is InChI=1S/C20H28BN3O4/c1-18(2,3)26-17(25)24-13-16(9-14-8-15(10-22)12-23-11-14)21-27-19(4,5)20(6,7)28-21/h8-9,11-12H,13H2,1-7H3,(H,24,25). The van der Waals surface area contributed by atoms with E-state index >= 15 is 0 Å². The minimum Gasteiger partial charge on any atom is -0.444 e. The minimum atomic E-state index is -0.648. The molecule has 0 aliphatic carbocycles. The van der Waals surface area contributed by atoms with Crippen molar-refractivity contribution in [3.05, 3.63) is 35.1 Å². The number of amides is 1. The van der Waals surface area contributed by atoms with Crippen molar-refractivity contribution in [3.63, 3.8) is 0 Å². The van der Waals surface area contributed by atoms with Gasteiger partial charge in [-0.05, 0) is 65.6 Å². The van der Waals surface area contributed by atoms with Crippen LogP contribution in [0.25, 0.3) is 6.08 Å². The molecule has 1 fully saturated rings. The lowest BCUT2D eigenvalue weighted by molar-refractivity contribution is 0.00578. The van der Waals surface area contributed by atoms with Crippen LogP contribution in [0.5, 0.6) is 0 Å². The molecule has 7 nitrogen and oxygen atoms in total. The molecule has 0 atom stereocenters. The van der Waals surface area contributed by atoms with Gasteiger partial charge < -0.3 is 19.4 Å². The second kappa shape index (κ2) is 7.94. The molecule has 0 unspecified atom stereocenters. The summed E-state index contributed by atoms with van der Waals surface area (Å²) >= 11 is 0. The number of hydrogen-bond acceptors (Lipinski definition) is 6. The van der Waals surface area contributed by atoms with E-state index in [0.717, 1.165) is 5.56 Å². The maximum absolute atomic E-state index is 12.1. The molecule has 1 saturated heterocycles. The Hall–Kier alpha value is -2.37. The van der Waals surface area contributed by atoms with E-state index in [4.69, 9.17) is 19.3 Å². The second-order valence-electron chi connectivity index (χ2n) is 8.78. The van der Waals surface area contributed by atoms with Crippen LogP contribution in [-0.2, 0) is 14.0 Å². The number of pyridine rings is 1. The number of rotatable bonds is 4. The van der Waals surface area contributed by atoms with Crippen LogP contribution in [0.15, 0.2) is 23.9 Å². The SMILES string of the molecule is CC(C)(C)OC(=O)NCC(=Cc1cncc(C#N)c1)B1OC(C)(C)C(C)(C)O1. The van der Waals surface area contributed by atoms with E-state index in [1.54, 1.807) is 33.0 Å². The average molecular weight is 385 g/mol. The van der Waals surface area contributed by atoms with Crippen LogP contribution in [0.4, 0.5) is 4.79 Å². The Balaban J connectivity index is 2.27. The summed E-state index contributed by atoms with van der Waals surface area (Å²) in [7, 11) is -0.648. The molecule has 150 valence electrons. The Labute approximate surface area is 167 Å². The van der Waals surface area contributed by atoms with Crippen LogP contribution < -0.4 is 5.32 Å². The van der Waals surface area contributed by atoms with Crippen molar-refractivity contribution in [1.29, 1.82) is 5.26 Å². The first-order valence-corrected chi connectivity index (χ1v) is 9.21. The van der Waals surface area contributed by atoms with Gasteiger partial charge in [0.15, 0.2) is 0 Å². The Kier molecular flexibility index (Phi) is 6.22. The summed E-state index contributed by atoms with van der Waals surface area (Å²) in [4.78, 5) is 16.2. The zero-order valence-electron chi connectivity index (χ0n) is 17.6. The lowest BCUT2D eigenvalue weighted by Gasteiger charge is -2.32. The maximum atomic E-state index is 12.1. The fraction of sp³-hybridized carbons (Fsp3) is 0.550. The molecule has 0 radical (unpaired) electrons. The van der Waals surface area contributed by atoms with Crippen LogP contribution in [0.3, 0.4) is 0 Å². The molecule has 1 aromatic rings. The van der Waals surface area contributed by atoms with Crippen LogP contribution >= 0.6 is 0 Å². The number of nitrogens with zero attached hydrogens (tertiary/aromatic N) is 2. The first kappa shape index (κ1) is 21.9. The van der Waals surface area contributed by atoms with Gasteiger partial charge in [-0.1, -0.05) is 6.08 Å². The van der Waals surface area contributed by atoms with Gasteiger partial charge in [0.05, 0.1) is 16.8 Å². The normalized spacial score (nSPS) is 18.5. The topological polar surface area (TPSA) is 93.5 Å². The Morgan fingerprint density at radius 2 is 1.89 bits per heavy atom. The highest BCUT2D eigenvalue weighted by atomic mass is 16.7. The van der Waals surface area contributed by atoms with Crippen molar-refractivity contribution in [2.45, 2.75) is 65.3 Å². The zero-order chi connectivity index (χ0) is 21.2. The summed E-state index contributed by atoms with van der Waals surface area (Å²) in [6, 6.07) is 3.78. The van der Waals surface area contributed by atoms with E-state index in [1.807, 2.05) is 33.8 Å². The zero-order valence-corrected chi connectivity index (χ0v) is 17.6. The van der Waals surface area contributed by atoms with E-state index in [9.17, 15) is 4.79 Å². The van der Waals surface area contributed by atoms with Gasteiger partial charge in [-0.25, -0.2) is 4.79 Å². The molecule has 1 aromatic heterocycles. The monoisotopic (exact) mass is 385 g/mol. The molecule has 0 bridgehead atoms. The third kappa shape index (κ3) is 5.57. The average Bonchev–Trinajstić information content (AvgIpc) is 2.77. The van der Waals surface area contributed by atoms with Crippen molar-refractivity contribution < 1.29 is 18.8 Å². The third-order valence-electron chi connectivity index (χ3n) is 4.63. The Morgan fingerprint density at radius 1 is 1.29 bits per heavy atom. The highest BCUT2D eigenvalue weighted by Gasteiger charge is 2.52. The predicted molar refractivity (Wildman–Crippen MR) is 107 cm³/mol. The molecule has 0 saturated carbocycles. The predicted octanol–water partition coefficient (Wildman–Crippen LogP) is 3.49. The fourth-order valence-corrected chi connectivity index (χ4v) is 2.50. The summed E-state index contributed by atoms with van der Waals surface area (Å²) < 4.78 is 17.5. The van der Waals surface area contributed by atoms with Gasteiger partial charge in [0, 0.05) is 18.9 Å². The Morgan fingerprint density at radius 3 is 2.43 bits per heavy atom. The highest BCUT2D eigenvalue weighted by molar-refractivity contribution is 6.56. The molecule has 8 heteroatoms. The largest absolute Gasteiger partial charge is 0.492 e. The Bertz CT molecular complexity index is 790.